The van der Waals surface area contributed by atoms with Gasteiger partial charge in [-0.25, -0.2) is 0 Å². The second kappa shape index (κ2) is 3.92. The molecule has 0 fully saturated rings. The fourth-order valence-electron chi connectivity index (χ4n) is 0.843. The summed E-state index contributed by atoms with van der Waals surface area (Å²) in [6, 6.07) is 5.58. The van der Waals surface area contributed by atoms with Crippen LogP contribution in [0, 0.1) is 10.2 Å². The summed E-state index contributed by atoms with van der Waals surface area (Å²) >= 11 is 2.15. The van der Waals surface area contributed by atoms with Gasteiger partial charge in [-0.05, 0) is 28.7 Å². The van der Waals surface area contributed by atoms with Gasteiger partial charge in [-0.15, -0.1) is 0 Å². The Labute approximate surface area is 79.3 Å². The first-order valence-electron chi connectivity index (χ1n) is 3.09. The van der Waals surface area contributed by atoms with Gasteiger partial charge in [0.25, 0.3) is 0 Å². The average Bonchev–Trinajstić information content (AvgIpc) is 2.04. The molecule has 1 N–H and O–H groups in total. The molecular formula is C8H8IO2. The molecule has 1 rings (SSSR count). The van der Waals surface area contributed by atoms with Gasteiger partial charge in [-0.1, -0.05) is 12.1 Å². The standard InChI is InChI=1S/C8H8IO2/c1-11-8-6(5-10)3-2-4-7(8)9/h2-5,10H,1H3. The van der Waals surface area contributed by atoms with Crippen LogP contribution in [0.15, 0.2) is 18.2 Å². The van der Waals surface area contributed by atoms with Crippen molar-refractivity contribution in [2.75, 3.05) is 7.11 Å². The van der Waals surface area contributed by atoms with Crippen LogP contribution in [0.1, 0.15) is 5.56 Å². The van der Waals surface area contributed by atoms with Gasteiger partial charge in [0.1, 0.15) is 12.4 Å². The number of aliphatic hydroxyl groups excluding tert-OH is 1. The minimum absolute atomic E-state index is 0.708. The second-order valence-electron chi connectivity index (χ2n) is 1.99. The highest BCUT2D eigenvalue weighted by molar-refractivity contribution is 14.1. The third-order valence-corrected chi connectivity index (χ3v) is 2.19. The van der Waals surface area contributed by atoms with Crippen LogP contribution in [0.4, 0.5) is 0 Å². The second-order valence-corrected chi connectivity index (χ2v) is 3.15. The van der Waals surface area contributed by atoms with Crippen LogP contribution in [0.5, 0.6) is 5.75 Å². The van der Waals surface area contributed by atoms with E-state index >= 15 is 0 Å². The summed E-state index contributed by atoms with van der Waals surface area (Å²) in [5, 5.41) is 8.77. The molecule has 3 heteroatoms. The van der Waals surface area contributed by atoms with Gasteiger partial charge < -0.3 is 9.84 Å². The zero-order valence-corrected chi connectivity index (χ0v) is 8.20. The molecule has 0 spiro atoms. The van der Waals surface area contributed by atoms with E-state index in [4.69, 9.17) is 9.84 Å². The molecule has 0 aliphatic heterocycles. The zero-order chi connectivity index (χ0) is 8.27. The minimum Gasteiger partial charge on any atom is -0.495 e. The Hall–Kier alpha value is -0.290. The third-order valence-electron chi connectivity index (χ3n) is 1.34. The lowest BCUT2D eigenvalue weighted by molar-refractivity contribution is 0.382. The van der Waals surface area contributed by atoms with Crippen LogP contribution in [-0.2, 0) is 0 Å². The lowest BCUT2D eigenvalue weighted by atomic mass is 10.2. The van der Waals surface area contributed by atoms with Crippen molar-refractivity contribution in [1.29, 1.82) is 0 Å². The smallest absolute Gasteiger partial charge is 0.138 e. The first kappa shape index (κ1) is 8.80. The SMILES string of the molecule is COc1c(I)cccc1[CH]O. The third kappa shape index (κ3) is 1.84. The maximum atomic E-state index is 8.77. The topological polar surface area (TPSA) is 29.5 Å². The van der Waals surface area contributed by atoms with E-state index in [1.165, 1.54) is 0 Å². The van der Waals surface area contributed by atoms with Crippen molar-refractivity contribution < 1.29 is 9.84 Å². The molecule has 59 valence electrons. The average molecular weight is 263 g/mol. The lowest BCUT2D eigenvalue weighted by Gasteiger charge is -2.06. The molecule has 0 unspecified atom stereocenters. The van der Waals surface area contributed by atoms with Gasteiger partial charge in [-0.2, -0.15) is 0 Å². The van der Waals surface area contributed by atoms with Crippen LogP contribution < -0.4 is 4.74 Å². The predicted molar refractivity (Wildman–Crippen MR) is 51.0 cm³/mol. The molecule has 0 aliphatic carbocycles. The zero-order valence-electron chi connectivity index (χ0n) is 6.04. The van der Waals surface area contributed by atoms with Crippen LogP contribution >= 0.6 is 22.6 Å². The van der Waals surface area contributed by atoms with Crippen molar-refractivity contribution in [3.05, 3.63) is 33.9 Å². The summed E-state index contributed by atoms with van der Waals surface area (Å²) in [6.07, 6.45) is 0. The van der Waals surface area contributed by atoms with E-state index in [1.54, 1.807) is 13.2 Å². The van der Waals surface area contributed by atoms with Crippen LogP contribution in [-0.4, -0.2) is 12.2 Å². The predicted octanol–water partition coefficient (Wildman–Crippen LogP) is 2.18. The largest absolute Gasteiger partial charge is 0.495 e. The van der Waals surface area contributed by atoms with Crippen molar-refractivity contribution in [3.63, 3.8) is 0 Å². The molecule has 1 aromatic carbocycles. The summed E-state index contributed by atoms with van der Waals surface area (Å²) in [4.78, 5) is 0. The number of methoxy groups -OCH3 is 1. The van der Waals surface area contributed by atoms with E-state index < -0.39 is 0 Å². The van der Waals surface area contributed by atoms with Crippen molar-refractivity contribution in [2.24, 2.45) is 0 Å². The first-order chi connectivity index (χ1) is 5.29. The van der Waals surface area contributed by atoms with E-state index in [0.29, 0.717) is 5.56 Å². The molecule has 1 radical (unpaired) electrons. The normalized spacial score (nSPS) is 9.73. The molecule has 2 nitrogen and oxygen atoms in total. The fourth-order valence-corrected chi connectivity index (χ4v) is 1.58. The highest BCUT2D eigenvalue weighted by Crippen LogP contribution is 2.25. The summed E-state index contributed by atoms with van der Waals surface area (Å²) < 4.78 is 6.06. The first-order valence-corrected chi connectivity index (χ1v) is 4.17. The van der Waals surface area contributed by atoms with Crippen molar-refractivity contribution in [3.8, 4) is 5.75 Å². The molecule has 0 heterocycles. The molecule has 0 bridgehead atoms. The summed E-state index contributed by atoms with van der Waals surface area (Å²) in [6.45, 7) is 1.04. The van der Waals surface area contributed by atoms with Gasteiger partial charge in [0.2, 0.25) is 0 Å². The number of halogens is 1. The molecule has 0 atom stereocenters. The number of aliphatic hydroxyl groups is 1. The molecule has 0 saturated heterocycles. The fraction of sp³-hybridized carbons (Fsp3) is 0.125. The number of hydrogen-bond acceptors (Lipinski definition) is 2. The van der Waals surface area contributed by atoms with E-state index in [1.807, 2.05) is 12.1 Å². The quantitative estimate of drug-likeness (QED) is 0.829. The van der Waals surface area contributed by atoms with Crippen molar-refractivity contribution in [1.82, 2.24) is 0 Å². The number of ether oxygens (including phenoxy) is 1. The number of rotatable bonds is 2. The summed E-state index contributed by atoms with van der Waals surface area (Å²) in [5.41, 5.74) is 0.708. The molecule has 0 aliphatic rings. The van der Waals surface area contributed by atoms with Crippen molar-refractivity contribution in [2.45, 2.75) is 0 Å². The van der Waals surface area contributed by atoms with Crippen LogP contribution in [0.3, 0.4) is 0 Å². The Morgan fingerprint density at radius 3 is 2.73 bits per heavy atom. The van der Waals surface area contributed by atoms with Gasteiger partial charge in [0.15, 0.2) is 0 Å². The van der Waals surface area contributed by atoms with E-state index in [2.05, 4.69) is 22.6 Å². The summed E-state index contributed by atoms with van der Waals surface area (Å²) in [7, 11) is 1.59. The maximum absolute atomic E-state index is 8.77. The van der Waals surface area contributed by atoms with E-state index in [9.17, 15) is 0 Å². The molecule has 0 amide bonds. The monoisotopic (exact) mass is 263 g/mol. The molecule has 0 saturated carbocycles. The Bertz CT molecular complexity index is 248. The lowest BCUT2D eigenvalue weighted by Crippen LogP contribution is -1.92. The Morgan fingerprint density at radius 1 is 1.55 bits per heavy atom. The number of hydrogen-bond donors (Lipinski definition) is 1. The number of benzene rings is 1. The maximum Gasteiger partial charge on any atom is 0.138 e. The van der Waals surface area contributed by atoms with E-state index in [0.717, 1.165) is 15.9 Å². The Kier molecular flexibility index (Phi) is 3.14. The van der Waals surface area contributed by atoms with E-state index in [-0.39, 0.29) is 0 Å². The molecule has 11 heavy (non-hydrogen) atoms. The van der Waals surface area contributed by atoms with Crippen LogP contribution in [0.25, 0.3) is 0 Å². The Morgan fingerprint density at radius 2 is 2.27 bits per heavy atom. The van der Waals surface area contributed by atoms with Gasteiger partial charge in [0.05, 0.1) is 10.7 Å². The molecular weight excluding hydrogens is 255 g/mol. The van der Waals surface area contributed by atoms with Gasteiger partial charge >= 0.3 is 0 Å². The van der Waals surface area contributed by atoms with Crippen LogP contribution in [0.2, 0.25) is 0 Å². The minimum atomic E-state index is 0.708. The van der Waals surface area contributed by atoms with Crippen molar-refractivity contribution >= 4 is 22.6 Å². The van der Waals surface area contributed by atoms with Gasteiger partial charge in [-0.3, -0.25) is 0 Å². The molecule has 0 aromatic heterocycles. The number of para-hydroxylation sites is 1. The summed E-state index contributed by atoms with van der Waals surface area (Å²) in [5.74, 6) is 0.718. The Balaban J connectivity index is 3.13. The van der Waals surface area contributed by atoms with Gasteiger partial charge in [0, 0.05) is 5.56 Å². The highest BCUT2D eigenvalue weighted by Gasteiger charge is 2.04. The highest BCUT2D eigenvalue weighted by atomic mass is 127. The molecule has 1 aromatic rings.